The molecule has 0 amide bonds. The van der Waals surface area contributed by atoms with Crippen LogP contribution in [0.25, 0.3) is 11.0 Å². The summed E-state index contributed by atoms with van der Waals surface area (Å²) < 4.78 is 9.34. The lowest BCUT2D eigenvalue weighted by Crippen LogP contribution is -2.22. The maximum Gasteiger partial charge on any atom is 0.336 e. The van der Waals surface area contributed by atoms with Crippen LogP contribution in [0.3, 0.4) is 0 Å². The van der Waals surface area contributed by atoms with Crippen molar-refractivity contribution in [2.45, 2.75) is 6.42 Å². The zero-order chi connectivity index (χ0) is 14.7. The van der Waals surface area contributed by atoms with Crippen molar-refractivity contribution in [1.29, 1.82) is 0 Å². The zero-order valence-electron chi connectivity index (χ0n) is 10.3. The minimum atomic E-state index is -0.847. The van der Waals surface area contributed by atoms with Crippen molar-refractivity contribution < 1.29 is 23.8 Å². The SMILES string of the molecule is NCC(=O)OC(=O)Cc1cc(=O)oc2cc(O)ccc12. The van der Waals surface area contributed by atoms with Gasteiger partial charge in [0.15, 0.2) is 0 Å². The third-order valence-electron chi connectivity index (χ3n) is 2.54. The Kier molecular flexibility index (Phi) is 3.81. The first-order valence-electron chi connectivity index (χ1n) is 5.69. The molecule has 1 heterocycles. The fourth-order valence-electron chi connectivity index (χ4n) is 1.73. The van der Waals surface area contributed by atoms with Crippen LogP contribution in [0.4, 0.5) is 0 Å². The number of hydrogen-bond acceptors (Lipinski definition) is 7. The fraction of sp³-hybridized carbons (Fsp3) is 0.154. The predicted octanol–water partition coefficient (Wildman–Crippen LogP) is 0.0696. The molecule has 2 aromatic rings. The predicted molar refractivity (Wildman–Crippen MR) is 68.0 cm³/mol. The minimum absolute atomic E-state index is 0.0707. The molecule has 0 saturated heterocycles. The van der Waals surface area contributed by atoms with Crippen molar-refractivity contribution in [2.24, 2.45) is 5.73 Å². The second kappa shape index (κ2) is 5.54. The highest BCUT2D eigenvalue weighted by atomic mass is 16.6. The van der Waals surface area contributed by atoms with Gasteiger partial charge in [-0.15, -0.1) is 0 Å². The molecule has 20 heavy (non-hydrogen) atoms. The van der Waals surface area contributed by atoms with E-state index >= 15 is 0 Å². The molecule has 0 radical (unpaired) electrons. The number of ether oxygens (including phenoxy) is 1. The van der Waals surface area contributed by atoms with Gasteiger partial charge in [-0.05, 0) is 17.7 Å². The Hall–Kier alpha value is -2.67. The van der Waals surface area contributed by atoms with Gasteiger partial charge in [-0.1, -0.05) is 0 Å². The largest absolute Gasteiger partial charge is 0.508 e. The Balaban J connectivity index is 2.36. The Morgan fingerprint density at radius 1 is 1.25 bits per heavy atom. The second-order valence-corrected chi connectivity index (χ2v) is 4.00. The van der Waals surface area contributed by atoms with Gasteiger partial charge in [-0.2, -0.15) is 0 Å². The summed E-state index contributed by atoms with van der Waals surface area (Å²) in [4.78, 5) is 33.8. The van der Waals surface area contributed by atoms with Crippen molar-refractivity contribution in [2.75, 3.05) is 6.54 Å². The smallest absolute Gasteiger partial charge is 0.336 e. The van der Waals surface area contributed by atoms with E-state index in [1.807, 2.05) is 0 Å². The normalized spacial score (nSPS) is 10.4. The first-order valence-corrected chi connectivity index (χ1v) is 5.69. The van der Waals surface area contributed by atoms with Crippen LogP contribution in [0.15, 0.2) is 33.5 Å². The highest BCUT2D eigenvalue weighted by Crippen LogP contribution is 2.22. The maximum absolute atomic E-state index is 11.5. The third-order valence-corrected chi connectivity index (χ3v) is 2.54. The van der Waals surface area contributed by atoms with Gasteiger partial charge in [0.05, 0.1) is 13.0 Å². The van der Waals surface area contributed by atoms with Gasteiger partial charge in [-0.25, -0.2) is 4.79 Å². The number of hydrogen-bond donors (Lipinski definition) is 2. The molecular formula is C13H11NO6. The highest BCUT2D eigenvalue weighted by molar-refractivity contribution is 5.90. The summed E-state index contributed by atoms with van der Waals surface area (Å²) in [5.41, 5.74) is 4.84. The maximum atomic E-state index is 11.5. The van der Waals surface area contributed by atoms with Crippen LogP contribution in [0.5, 0.6) is 5.75 Å². The first-order chi connectivity index (χ1) is 9.49. The average Bonchev–Trinajstić information content (AvgIpc) is 2.37. The van der Waals surface area contributed by atoms with Crippen LogP contribution in [-0.2, 0) is 20.7 Å². The van der Waals surface area contributed by atoms with Crippen molar-refractivity contribution in [3.63, 3.8) is 0 Å². The standard InChI is InChI=1S/C13H11NO6/c14-6-13(18)20-12(17)4-7-3-11(16)19-10-5-8(15)1-2-9(7)10/h1-3,5,15H,4,6,14H2. The summed E-state index contributed by atoms with van der Waals surface area (Å²) in [6.45, 7) is -0.405. The van der Waals surface area contributed by atoms with Gasteiger partial charge in [0.1, 0.15) is 11.3 Å². The molecule has 0 spiro atoms. The van der Waals surface area contributed by atoms with Gasteiger partial charge in [0.25, 0.3) is 0 Å². The molecule has 7 heteroatoms. The summed E-state index contributed by atoms with van der Waals surface area (Å²) in [7, 11) is 0. The summed E-state index contributed by atoms with van der Waals surface area (Å²) in [6, 6.07) is 5.29. The van der Waals surface area contributed by atoms with E-state index in [-0.39, 0.29) is 17.8 Å². The van der Waals surface area contributed by atoms with E-state index in [0.717, 1.165) is 6.07 Å². The number of esters is 2. The molecule has 0 bridgehead atoms. The van der Waals surface area contributed by atoms with E-state index in [0.29, 0.717) is 10.9 Å². The molecule has 0 fully saturated rings. The summed E-state index contributed by atoms with van der Waals surface area (Å²) in [6.07, 6.45) is -0.279. The summed E-state index contributed by atoms with van der Waals surface area (Å²) in [5.74, 6) is -1.74. The summed E-state index contributed by atoms with van der Waals surface area (Å²) >= 11 is 0. The molecule has 0 atom stereocenters. The molecule has 1 aromatic carbocycles. The van der Waals surface area contributed by atoms with E-state index in [2.05, 4.69) is 4.74 Å². The van der Waals surface area contributed by atoms with Crippen LogP contribution >= 0.6 is 0 Å². The monoisotopic (exact) mass is 277 g/mol. The van der Waals surface area contributed by atoms with E-state index < -0.39 is 24.1 Å². The molecule has 0 saturated carbocycles. The fourth-order valence-corrected chi connectivity index (χ4v) is 1.73. The van der Waals surface area contributed by atoms with Crippen molar-refractivity contribution in [1.82, 2.24) is 0 Å². The van der Waals surface area contributed by atoms with Crippen LogP contribution < -0.4 is 11.4 Å². The van der Waals surface area contributed by atoms with Gasteiger partial charge in [0, 0.05) is 17.5 Å². The van der Waals surface area contributed by atoms with Gasteiger partial charge in [-0.3, -0.25) is 9.59 Å². The van der Waals surface area contributed by atoms with E-state index in [1.54, 1.807) is 0 Å². The van der Waals surface area contributed by atoms with Crippen molar-refractivity contribution in [3.8, 4) is 5.75 Å². The van der Waals surface area contributed by atoms with Crippen LogP contribution in [0, 0.1) is 0 Å². The van der Waals surface area contributed by atoms with Gasteiger partial charge < -0.3 is 20.0 Å². The Morgan fingerprint density at radius 2 is 2.00 bits per heavy atom. The second-order valence-electron chi connectivity index (χ2n) is 4.00. The molecule has 7 nitrogen and oxygen atoms in total. The molecular weight excluding hydrogens is 266 g/mol. The quantitative estimate of drug-likeness (QED) is 0.462. The van der Waals surface area contributed by atoms with E-state index in [1.165, 1.54) is 18.2 Å². The number of fused-ring (bicyclic) bond motifs is 1. The Labute approximate surface area is 112 Å². The Bertz CT molecular complexity index is 733. The molecule has 0 aliphatic carbocycles. The minimum Gasteiger partial charge on any atom is -0.508 e. The molecule has 0 aliphatic rings. The molecule has 104 valence electrons. The molecule has 2 rings (SSSR count). The van der Waals surface area contributed by atoms with Gasteiger partial charge >= 0.3 is 17.6 Å². The van der Waals surface area contributed by atoms with Crippen LogP contribution in [0.1, 0.15) is 5.56 Å². The number of phenols is 1. The van der Waals surface area contributed by atoms with Gasteiger partial charge in [0.2, 0.25) is 0 Å². The number of carbonyl (C=O) groups is 2. The molecule has 1 aromatic heterocycles. The number of phenolic OH excluding ortho intramolecular Hbond substituents is 1. The van der Waals surface area contributed by atoms with E-state index in [4.69, 9.17) is 10.2 Å². The van der Waals surface area contributed by atoms with E-state index in [9.17, 15) is 19.5 Å². The highest BCUT2D eigenvalue weighted by Gasteiger charge is 2.14. The lowest BCUT2D eigenvalue weighted by Gasteiger charge is -2.05. The lowest BCUT2D eigenvalue weighted by molar-refractivity contribution is -0.158. The molecule has 0 aliphatic heterocycles. The van der Waals surface area contributed by atoms with Crippen LogP contribution in [0.2, 0.25) is 0 Å². The number of nitrogens with two attached hydrogens (primary N) is 1. The topological polar surface area (TPSA) is 120 Å². The number of benzene rings is 1. The Morgan fingerprint density at radius 3 is 2.70 bits per heavy atom. The number of aromatic hydroxyl groups is 1. The molecule has 3 N–H and O–H groups in total. The average molecular weight is 277 g/mol. The van der Waals surface area contributed by atoms with Crippen LogP contribution in [-0.4, -0.2) is 23.6 Å². The van der Waals surface area contributed by atoms with Crippen molar-refractivity contribution in [3.05, 3.63) is 40.2 Å². The van der Waals surface area contributed by atoms with Crippen molar-refractivity contribution >= 4 is 22.9 Å². The zero-order valence-corrected chi connectivity index (χ0v) is 10.3. The lowest BCUT2D eigenvalue weighted by atomic mass is 10.1. The summed E-state index contributed by atoms with van der Waals surface area (Å²) in [5, 5.41) is 9.80. The third kappa shape index (κ3) is 3.01. The first kappa shape index (κ1) is 13.8. The number of rotatable bonds is 3. The molecule has 0 unspecified atom stereocenters. The number of carbonyl (C=O) groups excluding carboxylic acids is 2.